The van der Waals surface area contributed by atoms with E-state index in [9.17, 15) is 4.79 Å². The predicted octanol–water partition coefficient (Wildman–Crippen LogP) is 3.55. The Hall–Kier alpha value is -2.01. The normalized spacial score (nSPS) is 10.2. The van der Waals surface area contributed by atoms with E-state index in [2.05, 4.69) is 11.9 Å². The van der Waals surface area contributed by atoms with Gasteiger partial charge < -0.3 is 14.6 Å². The van der Waals surface area contributed by atoms with E-state index in [0.29, 0.717) is 19.6 Å². The van der Waals surface area contributed by atoms with E-state index in [0.717, 1.165) is 16.2 Å². The number of hydrogen-bond donors (Lipinski definition) is 1. The number of carbonyl (C=O) groups excluding carboxylic acids is 1. The molecule has 106 valence electrons. The average Bonchev–Trinajstić information content (AvgIpc) is 3.07. The minimum Gasteiger partial charge on any atom is -0.469 e. The minimum absolute atomic E-state index is 0.0982. The Morgan fingerprint density at radius 3 is 3.00 bits per heavy atom. The van der Waals surface area contributed by atoms with Crippen molar-refractivity contribution in [2.45, 2.75) is 20.0 Å². The summed E-state index contributed by atoms with van der Waals surface area (Å²) in [4.78, 5) is 15.1. The zero-order chi connectivity index (χ0) is 14.4. The van der Waals surface area contributed by atoms with Crippen molar-refractivity contribution < 1.29 is 9.21 Å². The molecule has 0 aliphatic heterocycles. The number of aryl methyl sites for hydroxylation is 1. The Labute approximate surface area is 122 Å². The number of furan rings is 1. The van der Waals surface area contributed by atoms with Gasteiger partial charge in [-0.3, -0.25) is 0 Å². The second-order valence-corrected chi connectivity index (χ2v) is 5.44. The molecule has 0 aliphatic carbocycles. The van der Waals surface area contributed by atoms with Crippen LogP contribution in [0.5, 0.6) is 0 Å². The molecule has 2 amide bonds. The van der Waals surface area contributed by atoms with Crippen molar-refractivity contribution in [3.8, 4) is 0 Å². The summed E-state index contributed by atoms with van der Waals surface area (Å²) in [6.07, 6.45) is 3.36. The third-order valence-electron chi connectivity index (χ3n) is 2.96. The molecular formula is C15H18N2O2S. The van der Waals surface area contributed by atoms with Crippen LogP contribution in [0.4, 0.5) is 4.79 Å². The first kappa shape index (κ1) is 14.4. The smallest absolute Gasteiger partial charge is 0.318 e. The second-order valence-electron chi connectivity index (χ2n) is 4.41. The fourth-order valence-electron chi connectivity index (χ4n) is 1.84. The number of rotatable bonds is 6. The van der Waals surface area contributed by atoms with Gasteiger partial charge in [-0.1, -0.05) is 12.1 Å². The molecule has 1 N–H and O–H groups in total. The van der Waals surface area contributed by atoms with Gasteiger partial charge in [0, 0.05) is 23.5 Å². The van der Waals surface area contributed by atoms with Crippen LogP contribution in [0.2, 0.25) is 0 Å². The first-order valence-corrected chi connectivity index (χ1v) is 7.27. The van der Waals surface area contributed by atoms with Gasteiger partial charge in [0.05, 0.1) is 12.8 Å². The molecule has 2 rings (SSSR count). The SMILES string of the molecule is C=CCN(Cc1cccs1)C(=O)NCc1ccoc1C. The van der Waals surface area contributed by atoms with Gasteiger partial charge in [-0.2, -0.15) is 0 Å². The molecular weight excluding hydrogens is 272 g/mol. The van der Waals surface area contributed by atoms with Gasteiger partial charge in [0.2, 0.25) is 0 Å². The highest BCUT2D eigenvalue weighted by molar-refractivity contribution is 7.09. The lowest BCUT2D eigenvalue weighted by Gasteiger charge is -2.20. The quantitative estimate of drug-likeness (QED) is 0.827. The molecule has 4 nitrogen and oxygen atoms in total. The van der Waals surface area contributed by atoms with Gasteiger partial charge >= 0.3 is 6.03 Å². The predicted molar refractivity (Wildman–Crippen MR) is 80.6 cm³/mol. The Morgan fingerprint density at radius 2 is 2.40 bits per heavy atom. The highest BCUT2D eigenvalue weighted by atomic mass is 32.1. The number of nitrogens with zero attached hydrogens (tertiary/aromatic N) is 1. The molecule has 2 aromatic rings. The van der Waals surface area contributed by atoms with Crippen LogP contribution in [0, 0.1) is 6.92 Å². The van der Waals surface area contributed by atoms with Gasteiger partial charge in [0.1, 0.15) is 5.76 Å². The molecule has 0 radical (unpaired) electrons. The second kappa shape index (κ2) is 6.96. The van der Waals surface area contributed by atoms with Crippen LogP contribution in [0.15, 0.2) is 46.9 Å². The maximum atomic E-state index is 12.2. The van der Waals surface area contributed by atoms with Crippen LogP contribution in [-0.4, -0.2) is 17.5 Å². The average molecular weight is 290 g/mol. The molecule has 5 heteroatoms. The molecule has 0 saturated heterocycles. The van der Waals surface area contributed by atoms with Gasteiger partial charge in [0.15, 0.2) is 0 Å². The third kappa shape index (κ3) is 3.74. The number of carbonyl (C=O) groups is 1. The summed E-state index contributed by atoms with van der Waals surface area (Å²) in [6, 6.07) is 5.78. The first-order valence-electron chi connectivity index (χ1n) is 6.39. The lowest BCUT2D eigenvalue weighted by Crippen LogP contribution is -2.39. The summed E-state index contributed by atoms with van der Waals surface area (Å²) in [7, 11) is 0. The molecule has 2 aromatic heterocycles. The van der Waals surface area contributed by atoms with E-state index in [-0.39, 0.29) is 6.03 Å². The maximum Gasteiger partial charge on any atom is 0.318 e. The zero-order valence-corrected chi connectivity index (χ0v) is 12.3. The van der Waals surface area contributed by atoms with Gasteiger partial charge in [-0.15, -0.1) is 17.9 Å². The van der Waals surface area contributed by atoms with Gasteiger partial charge in [-0.25, -0.2) is 4.79 Å². The van der Waals surface area contributed by atoms with Crippen molar-refractivity contribution in [3.05, 3.63) is 58.7 Å². The molecule has 0 aromatic carbocycles. The molecule has 0 fully saturated rings. The number of urea groups is 1. The van der Waals surface area contributed by atoms with Crippen LogP contribution in [-0.2, 0) is 13.1 Å². The van der Waals surface area contributed by atoms with E-state index in [1.165, 1.54) is 0 Å². The zero-order valence-electron chi connectivity index (χ0n) is 11.5. The van der Waals surface area contributed by atoms with Crippen molar-refractivity contribution in [3.63, 3.8) is 0 Å². The highest BCUT2D eigenvalue weighted by Gasteiger charge is 2.13. The molecule has 2 heterocycles. The Balaban J connectivity index is 1.93. The summed E-state index contributed by atoms with van der Waals surface area (Å²) in [6.45, 7) is 7.18. The van der Waals surface area contributed by atoms with E-state index < -0.39 is 0 Å². The third-order valence-corrected chi connectivity index (χ3v) is 3.82. The van der Waals surface area contributed by atoms with Crippen LogP contribution in [0.25, 0.3) is 0 Å². The Bertz CT molecular complexity index is 560. The molecule has 0 unspecified atom stereocenters. The van der Waals surface area contributed by atoms with Crippen molar-refractivity contribution in [2.75, 3.05) is 6.54 Å². The first-order chi connectivity index (χ1) is 9.70. The monoisotopic (exact) mass is 290 g/mol. The number of hydrogen-bond acceptors (Lipinski definition) is 3. The van der Waals surface area contributed by atoms with E-state index in [4.69, 9.17) is 4.42 Å². The fraction of sp³-hybridized carbons (Fsp3) is 0.267. The lowest BCUT2D eigenvalue weighted by molar-refractivity contribution is 0.201. The molecule has 20 heavy (non-hydrogen) atoms. The maximum absolute atomic E-state index is 12.2. The number of amides is 2. The van der Waals surface area contributed by atoms with E-state index >= 15 is 0 Å². The van der Waals surface area contributed by atoms with Crippen LogP contribution < -0.4 is 5.32 Å². The summed E-state index contributed by atoms with van der Waals surface area (Å²) in [5.74, 6) is 0.832. The topological polar surface area (TPSA) is 45.5 Å². The molecule has 0 spiro atoms. The number of thiophene rings is 1. The van der Waals surface area contributed by atoms with Crippen LogP contribution >= 0.6 is 11.3 Å². The largest absolute Gasteiger partial charge is 0.469 e. The molecule has 0 aliphatic rings. The molecule has 0 saturated carbocycles. The van der Waals surface area contributed by atoms with E-state index in [1.807, 2.05) is 30.5 Å². The van der Waals surface area contributed by atoms with Crippen molar-refractivity contribution in [2.24, 2.45) is 0 Å². The summed E-state index contributed by atoms with van der Waals surface area (Å²) < 4.78 is 5.21. The molecule has 0 bridgehead atoms. The van der Waals surface area contributed by atoms with Gasteiger partial charge in [-0.05, 0) is 24.4 Å². The van der Waals surface area contributed by atoms with Crippen molar-refractivity contribution in [1.82, 2.24) is 10.2 Å². The summed E-state index contributed by atoms with van der Waals surface area (Å²) >= 11 is 1.64. The minimum atomic E-state index is -0.0982. The molecule has 0 atom stereocenters. The Morgan fingerprint density at radius 1 is 1.55 bits per heavy atom. The highest BCUT2D eigenvalue weighted by Crippen LogP contribution is 2.12. The standard InChI is InChI=1S/C15H18N2O2S/c1-3-7-17(11-14-5-4-9-20-14)15(18)16-10-13-6-8-19-12(13)2/h3-6,8-9H,1,7,10-11H2,2H3,(H,16,18). The van der Waals surface area contributed by atoms with Gasteiger partial charge in [0.25, 0.3) is 0 Å². The van der Waals surface area contributed by atoms with Crippen LogP contribution in [0.3, 0.4) is 0 Å². The van der Waals surface area contributed by atoms with E-state index in [1.54, 1.807) is 28.6 Å². The Kier molecular flexibility index (Phi) is 5.01. The summed E-state index contributed by atoms with van der Waals surface area (Å²) in [5, 5.41) is 4.92. The van der Waals surface area contributed by atoms with Crippen molar-refractivity contribution >= 4 is 17.4 Å². The number of nitrogens with one attached hydrogen (secondary N) is 1. The lowest BCUT2D eigenvalue weighted by atomic mass is 10.2. The fourth-order valence-corrected chi connectivity index (χ4v) is 2.56. The van der Waals surface area contributed by atoms with Crippen LogP contribution in [0.1, 0.15) is 16.2 Å². The summed E-state index contributed by atoms with van der Waals surface area (Å²) in [5.41, 5.74) is 0.994. The van der Waals surface area contributed by atoms with Crippen molar-refractivity contribution in [1.29, 1.82) is 0 Å².